The highest BCUT2D eigenvalue weighted by molar-refractivity contribution is 9.10. The van der Waals surface area contributed by atoms with E-state index in [0.717, 1.165) is 4.31 Å². The van der Waals surface area contributed by atoms with Gasteiger partial charge in [0.15, 0.2) is 0 Å². The topological polar surface area (TPSA) is 60.9 Å². The molecule has 1 amide bonds. The van der Waals surface area contributed by atoms with Crippen molar-refractivity contribution in [3.63, 3.8) is 0 Å². The molecule has 1 aliphatic heterocycles. The van der Waals surface area contributed by atoms with Crippen LogP contribution in [0.2, 0.25) is 0 Å². The Morgan fingerprint density at radius 2 is 1.77 bits per heavy atom. The van der Waals surface area contributed by atoms with Crippen molar-refractivity contribution in [3.8, 4) is 0 Å². The minimum atomic E-state index is -3.47. The number of piperazine rings is 1. The van der Waals surface area contributed by atoms with Crippen LogP contribution < -0.4 is 0 Å². The molecule has 2 rings (SSSR count). The molecule has 1 aromatic rings. The van der Waals surface area contributed by atoms with E-state index in [0.29, 0.717) is 4.47 Å². The van der Waals surface area contributed by atoms with E-state index < -0.39 is 16.0 Å². The molecule has 1 saturated heterocycles. The predicted molar refractivity (Wildman–Crippen MR) is 84.2 cm³/mol. The van der Waals surface area contributed by atoms with Gasteiger partial charge in [-0.2, -0.15) is 17.0 Å². The molecule has 0 bridgehead atoms. The number of halogens is 2. The largest absolute Gasteiger partial charge is 0.336 e. The number of nitrogens with zero attached hydrogens (tertiary/aromatic N) is 3. The fraction of sp³-hybridized carbons (Fsp3) is 0.462. The Kier molecular flexibility index (Phi) is 5.21. The molecule has 0 N–H and O–H groups in total. The lowest BCUT2D eigenvalue weighted by Crippen LogP contribution is -2.53. The summed E-state index contributed by atoms with van der Waals surface area (Å²) in [5, 5.41) is 0. The zero-order chi connectivity index (χ0) is 16.5. The van der Waals surface area contributed by atoms with Gasteiger partial charge in [-0.25, -0.2) is 4.39 Å². The molecular formula is C13H17BrFN3O3S. The van der Waals surface area contributed by atoms with Gasteiger partial charge in [-0.1, -0.05) is 15.9 Å². The number of hydrogen-bond donors (Lipinski definition) is 0. The summed E-state index contributed by atoms with van der Waals surface area (Å²) in [6.45, 7) is 1.01. The summed E-state index contributed by atoms with van der Waals surface area (Å²) in [5.41, 5.74) is 0.246. The molecular weight excluding hydrogens is 377 g/mol. The number of hydrogen-bond acceptors (Lipinski definition) is 3. The normalized spacial score (nSPS) is 17.0. The second kappa shape index (κ2) is 6.61. The Morgan fingerprint density at radius 1 is 1.18 bits per heavy atom. The molecule has 6 nitrogen and oxygen atoms in total. The van der Waals surface area contributed by atoms with E-state index in [1.807, 2.05) is 0 Å². The first kappa shape index (κ1) is 17.3. The van der Waals surface area contributed by atoms with Gasteiger partial charge in [0.1, 0.15) is 5.82 Å². The van der Waals surface area contributed by atoms with E-state index in [-0.39, 0.29) is 37.6 Å². The standard InChI is InChI=1S/C13H17BrFN3O3S/c1-16(2)22(20,21)18-5-3-17(4-6-18)13(19)10-7-11(14)9-12(15)8-10/h7-9H,3-6H2,1-2H3. The first-order valence-corrected chi connectivity index (χ1v) is 8.84. The molecule has 0 aliphatic carbocycles. The fourth-order valence-corrected chi connectivity index (χ4v) is 3.76. The fourth-order valence-electron chi connectivity index (χ4n) is 2.21. The molecule has 22 heavy (non-hydrogen) atoms. The van der Waals surface area contributed by atoms with Crippen LogP contribution in [0.15, 0.2) is 22.7 Å². The van der Waals surface area contributed by atoms with Crippen molar-refractivity contribution in [3.05, 3.63) is 34.1 Å². The molecule has 1 heterocycles. The number of rotatable bonds is 3. The van der Waals surface area contributed by atoms with Gasteiger partial charge in [0, 0.05) is 50.3 Å². The highest BCUT2D eigenvalue weighted by Crippen LogP contribution is 2.18. The molecule has 1 aromatic carbocycles. The van der Waals surface area contributed by atoms with Gasteiger partial charge in [0.25, 0.3) is 16.1 Å². The average molecular weight is 394 g/mol. The lowest BCUT2D eigenvalue weighted by atomic mass is 10.2. The summed E-state index contributed by atoms with van der Waals surface area (Å²) in [4.78, 5) is 13.9. The van der Waals surface area contributed by atoms with Crippen LogP contribution in [-0.2, 0) is 10.2 Å². The first-order chi connectivity index (χ1) is 10.2. The molecule has 122 valence electrons. The van der Waals surface area contributed by atoms with E-state index >= 15 is 0 Å². The molecule has 1 fully saturated rings. The minimum Gasteiger partial charge on any atom is -0.336 e. The van der Waals surface area contributed by atoms with Crippen molar-refractivity contribution < 1.29 is 17.6 Å². The number of carbonyl (C=O) groups excluding carboxylic acids is 1. The summed E-state index contributed by atoms with van der Waals surface area (Å²) in [6, 6.07) is 4.00. The van der Waals surface area contributed by atoms with Gasteiger partial charge >= 0.3 is 0 Å². The van der Waals surface area contributed by atoms with E-state index in [9.17, 15) is 17.6 Å². The van der Waals surface area contributed by atoms with Crippen molar-refractivity contribution in [1.82, 2.24) is 13.5 Å². The lowest BCUT2D eigenvalue weighted by Gasteiger charge is -2.35. The van der Waals surface area contributed by atoms with Crippen LogP contribution in [0.5, 0.6) is 0 Å². The molecule has 0 atom stereocenters. The van der Waals surface area contributed by atoms with E-state index in [4.69, 9.17) is 0 Å². The Hall–Kier alpha value is -1.03. The maximum atomic E-state index is 13.4. The van der Waals surface area contributed by atoms with Gasteiger partial charge in [0.05, 0.1) is 0 Å². The molecule has 0 aromatic heterocycles. The molecule has 0 saturated carbocycles. The molecule has 0 radical (unpaired) electrons. The van der Waals surface area contributed by atoms with Gasteiger partial charge in [0.2, 0.25) is 0 Å². The third-order valence-corrected chi connectivity index (χ3v) is 5.82. The summed E-state index contributed by atoms with van der Waals surface area (Å²) < 4.78 is 40.4. The zero-order valence-electron chi connectivity index (χ0n) is 12.3. The van der Waals surface area contributed by atoms with Gasteiger partial charge in [-0.05, 0) is 18.2 Å². The van der Waals surface area contributed by atoms with Crippen LogP contribution in [0, 0.1) is 5.82 Å². The second-order valence-electron chi connectivity index (χ2n) is 5.14. The smallest absolute Gasteiger partial charge is 0.281 e. The van der Waals surface area contributed by atoms with Gasteiger partial charge in [-0.15, -0.1) is 0 Å². The maximum Gasteiger partial charge on any atom is 0.281 e. The van der Waals surface area contributed by atoms with Crippen molar-refractivity contribution in [2.45, 2.75) is 0 Å². The third-order valence-electron chi connectivity index (χ3n) is 3.42. The predicted octanol–water partition coefficient (Wildman–Crippen LogP) is 1.15. The number of benzene rings is 1. The quantitative estimate of drug-likeness (QED) is 0.773. The second-order valence-corrected chi connectivity index (χ2v) is 8.20. The SMILES string of the molecule is CN(C)S(=O)(=O)N1CCN(C(=O)c2cc(F)cc(Br)c2)CC1. The molecule has 9 heteroatoms. The first-order valence-electron chi connectivity index (χ1n) is 6.65. The Balaban J connectivity index is 2.07. The van der Waals surface area contributed by atoms with Crippen LogP contribution in [0.1, 0.15) is 10.4 Å². The van der Waals surface area contributed by atoms with Crippen LogP contribution >= 0.6 is 15.9 Å². The Morgan fingerprint density at radius 3 is 2.27 bits per heavy atom. The van der Waals surface area contributed by atoms with E-state index in [2.05, 4.69) is 15.9 Å². The molecule has 1 aliphatic rings. The highest BCUT2D eigenvalue weighted by atomic mass is 79.9. The van der Waals surface area contributed by atoms with Crippen molar-refractivity contribution >= 4 is 32.0 Å². The summed E-state index contributed by atoms with van der Waals surface area (Å²) in [5.74, 6) is -0.798. The lowest BCUT2D eigenvalue weighted by molar-refractivity contribution is 0.0694. The van der Waals surface area contributed by atoms with E-state index in [1.165, 1.54) is 35.4 Å². The Labute approximate surface area is 137 Å². The summed E-state index contributed by atoms with van der Waals surface area (Å²) in [6.07, 6.45) is 0. The van der Waals surface area contributed by atoms with E-state index in [1.54, 1.807) is 6.07 Å². The highest BCUT2D eigenvalue weighted by Gasteiger charge is 2.30. The summed E-state index contributed by atoms with van der Waals surface area (Å²) >= 11 is 3.15. The Bertz CT molecular complexity index is 653. The van der Waals surface area contributed by atoms with Crippen LogP contribution in [0.25, 0.3) is 0 Å². The zero-order valence-corrected chi connectivity index (χ0v) is 14.7. The average Bonchev–Trinajstić information content (AvgIpc) is 2.45. The summed E-state index contributed by atoms with van der Waals surface area (Å²) in [7, 11) is -0.527. The maximum absolute atomic E-state index is 13.4. The van der Waals surface area contributed by atoms with Gasteiger partial charge in [-0.3, -0.25) is 4.79 Å². The van der Waals surface area contributed by atoms with Crippen LogP contribution in [0.4, 0.5) is 4.39 Å². The van der Waals surface area contributed by atoms with Crippen LogP contribution in [0.3, 0.4) is 0 Å². The van der Waals surface area contributed by atoms with Crippen molar-refractivity contribution in [2.75, 3.05) is 40.3 Å². The minimum absolute atomic E-state index is 0.225. The van der Waals surface area contributed by atoms with Crippen molar-refractivity contribution in [2.24, 2.45) is 0 Å². The molecule has 0 unspecified atom stereocenters. The molecule has 0 spiro atoms. The number of amides is 1. The third kappa shape index (κ3) is 3.65. The number of carbonyl (C=O) groups is 1. The van der Waals surface area contributed by atoms with Gasteiger partial charge < -0.3 is 4.90 Å². The monoisotopic (exact) mass is 393 g/mol. The van der Waals surface area contributed by atoms with Crippen LogP contribution in [-0.4, -0.2) is 68.1 Å². The van der Waals surface area contributed by atoms with Crippen molar-refractivity contribution in [1.29, 1.82) is 0 Å².